The third kappa shape index (κ3) is 4.69. The van der Waals surface area contributed by atoms with Crippen molar-refractivity contribution in [3.63, 3.8) is 0 Å². The van der Waals surface area contributed by atoms with E-state index in [1.807, 2.05) is 36.5 Å². The second-order valence-corrected chi connectivity index (χ2v) is 11.6. The summed E-state index contributed by atoms with van der Waals surface area (Å²) < 4.78 is 0. The monoisotopic (exact) mass is 544 g/mol. The minimum absolute atomic E-state index is 0.00975. The molecule has 0 N–H and O–H groups in total. The first kappa shape index (κ1) is 26.0. The number of non-ortho nitro benzene ring substituents is 1. The number of aromatic nitrogens is 1. The minimum atomic E-state index is -0.338. The Morgan fingerprint density at radius 1 is 0.800 bits per heavy atom. The Morgan fingerprint density at radius 3 is 2.33 bits per heavy atom. The van der Waals surface area contributed by atoms with Crippen LogP contribution in [0.5, 0.6) is 0 Å². The van der Waals surface area contributed by atoms with E-state index in [9.17, 15) is 10.1 Å². The molecule has 0 amide bonds. The lowest BCUT2D eigenvalue weighted by atomic mass is 9.63. The molecule has 1 aliphatic rings. The molecule has 0 saturated heterocycles. The Labute approximate surface area is 238 Å². The van der Waals surface area contributed by atoms with Crippen LogP contribution in [-0.2, 0) is 6.42 Å². The fourth-order valence-corrected chi connectivity index (χ4v) is 6.92. The number of pyridine rings is 1. The predicted molar refractivity (Wildman–Crippen MR) is 165 cm³/mol. The largest absolute Gasteiger partial charge is 0.269 e. The molecule has 0 spiro atoms. The van der Waals surface area contributed by atoms with E-state index in [1.54, 1.807) is 12.1 Å². The zero-order valence-electron chi connectivity index (χ0n) is 22.4. The van der Waals surface area contributed by atoms with Crippen LogP contribution in [0.3, 0.4) is 0 Å². The smallest absolute Gasteiger partial charge is 0.258 e. The fraction of sp³-hybridized carbons (Fsp3) is 0.171. The van der Waals surface area contributed by atoms with Crippen molar-refractivity contribution in [2.75, 3.05) is 0 Å². The molecule has 5 heteroatoms. The molecule has 198 valence electrons. The molecule has 1 aromatic heterocycles. The zero-order valence-corrected chi connectivity index (χ0v) is 23.2. The molecule has 40 heavy (non-hydrogen) atoms. The first-order valence-electron chi connectivity index (χ1n) is 13.4. The molecule has 0 saturated carbocycles. The second kappa shape index (κ2) is 10.4. The predicted octanol–water partition coefficient (Wildman–Crippen LogP) is 9.78. The van der Waals surface area contributed by atoms with E-state index < -0.39 is 0 Å². The van der Waals surface area contributed by atoms with Crippen LogP contribution in [-0.4, -0.2) is 9.91 Å². The number of alkyl halides is 1. The number of nitro benzene ring substituents is 1. The summed E-state index contributed by atoms with van der Waals surface area (Å²) in [5.74, 6) is -0.00975. The van der Waals surface area contributed by atoms with Gasteiger partial charge in [-0.1, -0.05) is 98.8 Å². The molecule has 7 rings (SSSR count). The van der Waals surface area contributed by atoms with Crippen LogP contribution in [0.15, 0.2) is 115 Å². The number of nitrogens with zero attached hydrogens (tertiary/aromatic N) is 2. The number of fused-ring (bicyclic) bond motifs is 6. The molecule has 0 fully saturated rings. The molecule has 0 bridgehead atoms. The van der Waals surface area contributed by atoms with E-state index >= 15 is 0 Å². The van der Waals surface area contributed by atoms with Crippen LogP contribution < -0.4 is 0 Å². The van der Waals surface area contributed by atoms with E-state index in [0.29, 0.717) is 0 Å². The summed E-state index contributed by atoms with van der Waals surface area (Å²) in [6.45, 7) is 4.43. The van der Waals surface area contributed by atoms with Gasteiger partial charge in [-0.05, 0) is 62.2 Å². The van der Waals surface area contributed by atoms with Gasteiger partial charge in [-0.25, -0.2) is 0 Å². The van der Waals surface area contributed by atoms with E-state index in [1.165, 1.54) is 38.6 Å². The summed E-state index contributed by atoms with van der Waals surface area (Å²) in [6, 6.07) is 36.2. The molecule has 2 atom stereocenters. The number of benzene rings is 5. The second-order valence-electron chi connectivity index (χ2n) is 11.1. The van der Waals surface area contributed by atoms with Gasteiger partial charge in [0.25, 0.3) is 5.69 Å². The van der Waals surface area contributed by atoms with Gasteiger partial charge in [-0.2, -0.15) is 0 Å². The van der Waals surface area contributed by atoms with E-state index in [4.69, 9.17) is 11.6 Å². The summed E-state index contributed by atoms with van der Waals surface area (Å²) in [4.78, 5) is 15.1. The van der Waals surface area contributed by atoms with Gasteiger partial charge in [0.1, 0.15) is 0 Å². The number of halogens is 1. The van der Waals surface area contributed by atoms with E-state index in [0.717, 1.165) is 23.1 Å². The standard InChI is InChI=1S/C26H22ClNO2.C9H7N/c1-26(2)15-23-21-11-10-16-6-3-4-9-19(16)20(21)12-13-22(23)25(27)24(26)17-7-5-8-18(14-17)28(29)30;1-2-6-9-8(4-1)5-3-7-10-9/h3-14,24-25H,15H2,1-2H3;1-7H. The Balaban J connectivity index is 0.000000242. The van der Waals surface area contributed by atoms with Crippen LogP contribution in [0.2, 0.25) is 0 Å². The average Bonchev–Trinajstić information content (AvgIpc) is 2.97. The molecule has 1 aliphatic carbocycles. The number of hydrogen-bond donors (Lipinski definition) is 0. The highest BCUT2D eigenvalue weighted by molar-refractivity contribution is 6.22. The quantitative estimate of drug-likeness (QED) is 0.0943. The number of nitro groups is 1. The summed E-state index contributed by atoms with van der Waals surface area (Å²) in [5, 5.41) is 17.2. The average molecular weight is 545 g/mol. The van der Waals surface area contributed by atoms with E-state index in [2.05, 4.69) is 79.5 Å². The first-order chi connectivity index (χ1) is 19.3. The van der Waals surface area contributed by atoms with Gasteiger partial charge in [0, 0.05) is 29.6 Å². The highest BCUT2D eigenvalue weighted by Crippen LogP contribution is 2.55. The van der Waals surface area contributed by atoms with Crippen molar-refractivity contribution in [1.29, 1.82) is 0 Å². The van der Waals surface area contributed by atoms with Gasteiger partial charge in [-0.3, -0.25) is 15.1 Å². The lowest BCUT2D eigenvalue weighted by Crippen LogP contribution is -2.33. The van der Waals surface area contributed by atoms with Gasteiger partial charge in [0.2, 0.25) is 0 Å². The van der Waals surface area contributed by atoms with Gasteiger partial charge in [0.05, 0.1) is 15.8 Å². The minimum Gasteiger partial charge on any atom is -0.258 e. The van der Waals surface area contributed by atoms with Crippen molar-refractivity contribution in [2.45, 2.75) is 31.6 Å². The van der Waals surface area contributed by atoms with Crippen molar-refractivity contribution in [2.24, 2.45) is 5.41 Å². The van der Waals surface area contributed by atoms with Crippen molar-refractivity contribution in [3.8, 4) is 0 Å². The maximum absolute atomic E-state index is 11.3. The molecular formula is C35H29ClN2O2. The molecule has 0 aliphatic heterocycles. The molecule has 4 nitrogen and oxygen atoms in total. The first-order valence-corrected chi connectivity index (χ1v) is 13.9. The normalized spacial score (nSPS) is 17.7. The Hall–Kier alpha value is -4.28. The van der Waals surface area contributed by atoms with Crippen LogP contribution in [0.4, 0.5) is 5.69 Å². The molecule has 0 radical (unpaired) electrons. The summed E-state index contributed by atoms with van der Waals surface area (Å²) in [5.41, 5.74) is 4.39. The van der Waals surface area contributed by atoms with Crippen LogP contribution in [0, 0.1) is 15.5 Å². The topological polar surface area (TPSA) is 56.0 Å². The molecule has 1 heterocycles. The summed E-state index contributed by atoms with van der Waals surface area (Å²) >= 11 is 7.11. The lowest BCUT2D eigenvalue weighted by Gasteiger charge is -2.43. The van der Waals surface area contributed by atoms with Crippen molar-refractivity contribution in [1.82, 2.24) is 4.98 Å². The molecule has 2 unspecified atom stereocenters. The van der Waals surface area contributed by atoms with Crippen LogP contribution in [0.25, 0.3) is 32.4 Å². The summed E-state index contributed by atoms with van der Waals surface area (Å²) in [7, 11) is 0. The van der Waals surface area contributed by atoms with Crippen molar-refractivity contribution in [3.05, 3.63) is 142 Å². The van der Waals surface area contributed by atoms with Gasteiger partial charge < -0.3 is 0 Å². The van der Waals surface area contributed by atoms with Crippen molar-refractivity contribution >= 4 is 49.7 Å². The van der Waals surface area contributed by atoms with Crippen LogP contribution in [0.1, 0.15) is 41.8 Å². The highest BCUT2D eigenvalue weighted by Gasteiger charge is 2.43. The Morgan fingerprint density at radius 2 is 1.52 bits per heavy atom. The number of para-hydroxylation sites is 1. The van der Waals surface area contributed by atoms with Gasteiger partial charge >= 0.3 is 0 Å². The SMILES string of the molecule is CC1(C)Cc2c(ccc3c2ccc2ccccc23)C(Cl)C1c1cccc([N+](=O)[O-])c1.c1ccc2ncccc2c1. The summed E-state index contributed by atoms with van der Waals surface area (Å²) in [6.07, 6.45) is 2.68. The Bertz CT molecular complexity index is 1820. The number of hydrogen-bond acceptors (Lipinski definition) is 3. The van der Waals surface area contributed by atoms with Crippen LogP contribution >= 0.6 is 11.6 Å². The van der Waals surface area contributed by atoms with Crippen molar-refractivity contribution < 1.29 is 4.92 Å². The lowest BCUT2D eigenvalue weighted by molar-refractivity contribution is -0.384. The van der Waals surface area contributed by atoms with E-state index in [-0.39, 0.29) is 27.3 Å². The third-order valence-corrected chi connectivity index (χ3v) is 8.58. The molecule has 5 aromatic carbocycles. The maximum Gasteiger partial charge on any atom is 0.269 e. The Kier molecular flexibility index (Phi) is 6.73. The number of rotatable bonds is 2. The highest BCUT2D eigenvalue weighted by atomic mass is 35.5. The van der Waals surface area contributed by atoms with Gasteiger partial charge in [0.15, 0.2) is 0 Å². The fourth-order valence-electron chi connectivity index (χ4n) is 6.23. The van der Waals surface area contributed by atoms with Gasteiger partial charge in [-0.15, -0.1) is 11.6 Å². The maximum atomic E-state index is 11.3. The third-order valence-electron chi connectivity index (χ3n) is 8.09. The molecular weight excluding hydrogens is 516 g/mol. The zero-order chi connectivity index (χ0) is 27.9. The molecule has 6 aromatic rings.